The van der Waals surface area contributed by atoms with E-state index in [-0.39, 0.29) is 11.8 Å². The Hall–Kier alpha value is -3.28. The van der Waals surface area contributed by atoms with Crippen molar-refractivity contribution in [2.24, 2.45) is 0 Å². The van der Waals surface area contributed by atoms with Crippen LogP contribution in [0, 0.1) is 0 Å². The van der Waals surface area contributed by atoms with Gasteiger partial charge in [0.05, 0.1) is 0 Å². The molecule has 0 aliphatic carbocycles. The van der Waals surface area contributed by atoms with Crippen LogP contribution in [-0.4, -0.2) is 31.6 Å². The van der Waals surface area contributed by atoms with Gasteiger partial charge in [-0.15, -0.1) is 0 Å². The second-order valence-electron chi connectivity index (χ2n) is 6.42. The molecule has 0 radical (unpaired) electrons. The summed E-state index contributed by atoms with van der Waals surface area (Å²) in [4.78, 5) is 25.9. The van der Waals surface area contributed by atoms with Crippen LogP contribution >= 0.6 is 0 Å². The SMILES string of the molecule is O=C(/C=C/c1ccc2c(c1)OCCO2)Nc1cccc(N2CCCC2=O)c1. The Balaban J connectivity index is 1.42. The number of carbonyl (C=O) groups is 2. The van der Waals surface area contributed by atoms with Crippen LogP contribution in [0.3, 0.4) is 0 Å². The van der Waals surface area contributed by atoms with Gasteiger partial charge in [0, 0.05) is 30.4 Å². The number of nitrogens with zero attached hydrogens (tertiary/aromatic N) is 1. The fraction of sp³-hybridized carbons (Fsp3) is 0.238. The minimum Gasteiger partial charge on any atom is -0.486 e. The lowest BCUT2D eigenvalue weighted by Crippen LogP contribution is -2.23. The van der Waals surface area contributed by atoms with Crippen LogP contribution in [0.4, 0.5) is 11.4 Å². The van der Waals surface area contributed by atoms with E-state index in [2.05, 4.69) is 5.32 Å². The third-order valence-electron chi connectivity index (χ3n) is 4.49. The molecule has 2 aliphatic rings. The van der Waals surface area contributed by atoms with Crippen LogP contribution in [0.1, 0.15) is 18.4 Å². The van der Waals surface area contributed by atoms with E-state index in [1.54, 1.807) is 17.0 Å². The minimum atomic E-state index is -0.241. The smallest absolute Gasteiger partial charge is 0.248 e. The summed E-state index contributed by atoms with van der Waals surface area (Å²) in [5, 5.41) is 2.83. The van der Waals surface area contributed by atoms with Gasteiger partial charge < -0.3 is 19.7 Å². The van der Waals surface area contributed by atoms with Crippen LogP contribution in [0.25, 0.3) is 6.08 Å². The summed E-state index contributed by atoms with van der Waals surface area (Å²) in [6.45, 7) is 1.80. The van der Waals surface area contributed by atoms with Gasteiger partial charge in [0.25, 0.3) is 0 Å². The molecule has 2 heterocycles. The molecule has 27 heavy (non-hydrogen) atoms. The van der Waals surface area contributed by atoms with E-state index in [1.165, 1.54) is 6.08 Å². The Labute approximate surface area is 157 Å². The highest BCUT2D eigenvalue weighted by atomic mass is 16.6. The largest absolute Gasteiger partial charge is 0.486 e. The number of nitrogens with one attached hydrogen (secondary N) is 1. The number of carbonyl (C=O) groups excluding carboxylic acids is 2. The second-order valence-corrected chi connectivity index (χ2v) is 6.42. The van der Waals surface area contributed by atoms with Crippen LogP contribution in [0.15, 0.2) is 48.5 Å². The van der Waals surface area contributed by atoms with E-state index in [9.17, 15) is 9.59 Å². The van der Waals surface area contributed by atoms with Gasteiger partial charge in [-0.3, -0.25) is 9.59 Å². The molecule has 0 atom stereocenters. The molecular weight excluding hydrogens is 344 g/mol. The van der Waals surface area contributed by atoms with Crippen molar-refractivity contribution < 1.29 is 19.1 Å². The number of fused-ring (bicyclic) bond motifs is 1. The number of rotatable bonds is 4. The van der Waals surface area contributed by atoms with Gasteiger partial charge in [0.15, 0.2) is 11.5 Å². The van der Waals surface area contributed by atoms with E-state index in [0.29, 0.717) is 31.1 Å². The molecule has 138 valence electrons. The van der Waals surface area contributed by atoms with Gasteiger partial charge in [-0.25, -0.2) is 0 Å². The molecule has 2 aliphatic heterocycles. The van der Waals surface area contributed by atoms with Crippen LogP contribution < -0.4 is 19.7 Å². The van der Waals surface area contributed by atoms with E-state index >= 15 is 0 Å². The van der Waals surface area contributed by atoms with Gasteiger partial charge in [0.2, 0.25) is 11.8 Å². The van der Waals surface area contributed by atoms with E-state index in [1.807, 2.05) is 36.4 Å². The summed E-state index contributed by atoms with van der Waals surface area (Å²) in [7, 11) is 0. The van der Waals surface area contributed by atoms with Gasteiger partial charge in [-0.05, 0) is 48.4 Å². The highest BCUT2D eigenvalue weighted by molar-refractivity contribution is 6.02. The Morgan fingerprint density at radius 2 is 1.93 bits per heavy atom. The minimum absolute atomic E-state index is 0.122. The van der Waals surface area contributed by atoms with Crippen molar-refractivity contribution in [2.45, 2.75) is 12.8 Å². The zero-order valence-corrected chi connectivity index (χ0v) is 14.8. The predicted molar refractivity (Wildman–Crippen MR) is 103 cm³/mol. The van der Waals surface area contributed by atoms with Crippen molar-refractivity contribution in [3.8, 4) is 11.5 Å². The molecular formula is C21H20N2O4. The molecule has 0 saturated carbocycles. The van der Waals surface area contributed by atoms with Crippen LogP contribution in [-0.2, 0) is 9.59 Å². The van der Waals surface area contributed by atoms with Crippen molar-refractivity contribution in [1.82, 2.24) is 0 Å². The first-order chi connectivity index (χ1) is 13.2. The Morgan fingerprint density at radius 3 is 2.74 bits per heavy atom. The average Bonchev–Trinajstić information content (AvgIpc) is 3.12. The molecule has 0 spiro atoms. The molecule has 0 aromatic heterocycles. The van der Waals surface area contributed by atoms with Crippen molar-refractivity contribution in [2.75, 3.05) is 30.0 Å². The molecule has 1 fully saturated rings. The number of ether oxygens (including phenoxy) is 2. The number of anilines is 2. The maximum atomic E-state index is 12.2. The number of amides is 2. The molecule has 6 heteroatoms. The fourth-order valence-electron chi connectivity index (χ4n) is 3.19. The Morgan fingerprint density at radius 1 is 1.07 bits per heavy atom. The summed E-state index contributed by atoms with van der Waals surface area (Å²) >= 11 is 0. The van der Waals surface area contributed by atoms with Gasteiger partial charge >= 0.3 is 0 Å². The highest BCUT2D eigenvalue weighted by Gasteiger charge is 2.21. The maximum Gasteiger partial charge on any atom is 0.248 e. The number of hydrogen-bond donors (Lipinski definition) is 1. The van der Waals surface area contributed by atoms with Gasteiger partial charge in [-0.2, -0.15) is 0 Å². The van der Waals surface area contributed by atoms with Crippen molar-refractivity contribution in [3.05, 3.63) is 54.1 Å². The molecule has 0 unspecified atom stereocenters. The third-order valence-corrected chi connectivity index (χ3v) is 4.49. The number of hydrogen-bond acceptors (Lipinski definition) is 4. The molecule has 2 aromatic rings. The maximum absolute atomic E-state index is 12.2. The van der Waals surface area contributed by atoms with Crippen molar-refractivity contribution in [3.63, 3.8) is 0 Å². The number of benzene rings is 2. The van der Waals surface area contributed by atoms with Crippen LogP contribution in [0.5, 0.6) is 11.5 Å². The lowest BCUT2D eigenvalue weighted by molar-refractivity contribution is -0.117. The molecule has 1 N–H and O–H groups in total. The normalized spacial score (nSPS) is 16.0. The highest BCUT2D eigenvalue weighted by Crippen LogP contribution is 2.31. The zero-order chi connectivity index (χ0) is 18.6. The quantitative estimate of drug-likeness (QED) is 0.846. The van der Waals surface area contributed by atoms with E-state index in [4.69, 9.17) is 9.47 Å². The standard InChI is InChI=1S/C21H20N2O4/c24-20(9-7-15-6-8-18-19(13-15)27-12-11-26-18)22-16-3-1-4-17(14-16)23-10-2-5-21(23)25/h1,3-4,6-9,13-14H,2,5,10-12H2,(H,22,24)/b9-7+. The second kappa shape index (κ2) is 7.53. The average molecular weight is 364 g/mol. The fourth-order valence-corrected chi connectivity index (χ4v) is 3.19. The third kappa shape index (κ3) is 3.95. The van der Waals surface area contributed by atoms with E-state index in [0.717, 1.165) is 30.0 Å². The Bertz CT molecular complexity index is 907. The molecule has 4 rings (SSSR count). The summed E-state index contributed by atoms with van der Waals surface area (Å²) in [6.07, 6.45) is 4.64. The van der Waals surface area contributed by atoms with Crippen molar-refractivity contribution >= 4 is 29.3 Å². The van der Waals surface area contributed by atoms with Crippen LogP contribution in [0.2, 0.25) is 0 Å². The molecule has 2 aromatic carbocycles. The summed E-state index contributed by atoms with van der Waals surface area (Å²) < 4.78 is 11.0. The lowest BCUT2D eigenvalue weighted by atomic mass is 10.2. The van der Waals surface area contributed by atoms with Gasteiger partial charge in [0.1, 0.15) is 13.2 Å². The lowest BCUT2D eigenvalue weighted by Gasteiger charge is -2.18. The zero-order valence-electron chi connectivity index (χ0n) is 14.8. The first-order valence-electron chi connectivity index (χ1n) is 8.98. The first kappa shape index (κ1) is 17.1. The predicted octanol–water partition coefficient (Wildman–Crippen LogP) is 3.24. The summed E-state index contributed by atoms with van der Waals surface area (Å²) in [6, 6.07) is 12.9. The molecule has 1 saturated heterocycles. The Kier molecular flexibility index (Phi) is 4.78. The first-order valence-corrected chi connectivity index (χ1v) is 8.98. The molecule has 6 nitrogen and oxygen atoms in total. The molecule has 0 bridgehead atoms. The molecule has 2 amide bonds. The van der Waals surface area contributed by atoms with Crippen molar-refractivity contribution in [1.29, 1.82) is 0 Å². The topological polar surface area (TPSA) is 67.9 Å². The monoisotopic (exact) mass is 364 g/mol. The van der Waals surface area contributed by atoms with E-state index < -0.39 is 0 Å². The summed E-state index contributed by atoms with van der Waals surface area (Å²) in [5.41, 5.74) is 2.32. The van der Waals surface area contributed by atoms with Gasteiger partial charge in [-0.1, -0.05) is 12.1 Å². The summed E-state index contributed by atoms with van der Waals surface area (Å²) in [5.74, 6) is 1.29.